The lowest BCUT2D eigenvalue weighted by Crippen LogP contribution is -2.26. The zero-order valence-electron chi connectivity index (χ0n) is 11.2. The van der Waals surface area contributed by atoms with Crippen LogP contribution < -0.4 is 21.9 Å². The van der Waals surface area contributed by atoms with E-state index in [9.17, 15) is 9.18 Å². The van der Waals surface area contributed by atoms with Crippen molar-refractivity contribution in [1.82, 2.24) is 20.7 Å². The Morgan fingerprint density at radius 1 is 1.45 bits per heavy atom. The lowest BCUT2D eigenvalue weighted by Gasteiger charge is -2.08. The number of nitrogens with one attached hydrogen (secondary N) is 3. The predicted octanol–water partition coefficient (Wildman–Crippen LogP) is 1.09. The molecular weight excluding hydrogens is 311 g/mol. The van der Waals surface area contributed by atoms with E-state index in [1.54, 1.807) is 6.07 Å². The number of hydrogen-bond donors (Lipinski definition) is 4. The van der Waals surface area contributed by atoms with Gasteiger partial charge in [0, 0.05) is 6.54 Å². The van der Waals surface area contributed by atoms with Gasteiger partial charge in [-0.1, -0.05) is 17.7 Å². The molecule has 22 heavy (non-hydrogen) atoms. The molecule has 1 unspecified atom stereocenters. The minimum absolute atomic E-state index is 0.00603. The van der Waals surface area contributed by atoms with E-state index in [0.717, 1.165) is 0 Å². The fourth-order valence-electron chi connectivity index (χ4n) is 2.06. The van der Waals surface area contributed by atoms with E-state index in [4.69, 9.17) is 17.3 Å². The van der Waals surface area contributed by atoms with Crippen LogP contribution >= 0.6 is 11.6 Å². The van der Waals surface area contributed by atoms with Gasteiger partial charge >= 0.3 is 0 Å². The third-order valence-electron chi connectivity index (χ3n) is 3.18. The number of nitrogens with two attached hydrogens (primary N) is 1. The molecule has 0 radical (unpaired) electrons. The van der Waals surface area contributed by atoms with Gasteiger partial charge in [0.1, 0.15) is 29.7 Å². The van der Waals surface area contributed by atoms with Crippen LogP contribution in [0.5, 0.6) is 0 Å². The first-order valence-corrected chi connectivity index (χ1v) is 6.78. The summed E-state index contributed by atoms with van der Waals surface area (Å²) in [5.74, 6) is -0.905. The van der Waals surface area contributed by atoms with Gasteiger partial charge in [0.2, 0.25) is 0 Å². The lowest BCUT2D eigenvalue weighted by atomic mass is 10.2. The fraction of sp³-hybridized carbons (Fsp3) is 0.154. The maximum atomic E-state index is 13.1. The number of nitrogens with zero attached hydrogens (tertiary/aromatic N) is 2. The normalized spacial score (nSPS) is 16.0. The minimum atomic E-state index is -0.505. The summed E-state index contributed by atoms with van der Waals surface area (Å²) in [6, 6.07) is 4.25. The molecule has 1 aliphatic rings. The Bertz CT molecular complexity index is 740. The topological polar surface area (TPSA) is 105 Å². The largest absolute Gasteiger partial charge is 0.347 e. The second kappa shape index (κ2) is 5.84. The SMILES string of the molecule is NC1NNc2c(C(=O)NCc3ccc(F)c(Cl)c3)ncnc21. The quantitative estimate of drug-likeness (QED) is 0.674. The Balaban J connectivity index is 1.74. The van der Waals surface area contributed by atoms with Crippen molar-refractivity contribution in [1.29, 1.82) is 0 Å². The van der Waals surface area contributed by atoms with Crippen LogP contribution in [0.2, 0.25) is 5.02 Å². The van der Waals surface area contributed by atoms with E-state index in [1.165, 1.54) is 18.5 Å². The smallest absolute Gasteiger partial charge is 0.272 e. The molecule has 3 rings (SSSR count). The van der Waals surface area contributed by atoms with E-state index in [-0.39, 0.29) is 17.3 Å². The first-order valence-electron chi connectivity index (χ1n) is 6.40. The van der Waals surface area contributed by atoms with Crippen molar-refractivity contribution in [3.05, 3.63) is 52.3 Å². The highest BCUT2D eigenvalue weighted by Gasteiger charge is 2.26. The van der Waals surface area contributed by atoms with Crippen molar-refractivity contribution in [2.75, 3.05) is 5.43 Å². The molecule has 2 heterocycles. The van der Waals surface area contributed by atoms with Gasteiger partial charge < -0.3 is 16.5 Å². The van der Waals surface area contributed by atoms with Gasteiger partial charge in [-0.2, -0.15) is 0 Å². The molecule has 0 saturated carbocycles. The van der Waals surface area contributed by atoms with Crippen LogP contribution in [-0.2, 0) is 6.54 Å². The van der Waals surface area contributed by atoms with Crippen LogP contribution in [-0.4, -0.2) is 15.9 Å². The highest BCUT2D eigenvalue weighted by atomic mass is 35.5. The van der Waals surface area contributed by atoms with Crippen molar-refractivity contribution in [3.63, 3.8) is 0 Å². The van der Waals surface area contributed by atoms with Gasteiger partial charge in [-0.3, -0.25) is 4.79 Å². The summed E-state index contributed by atoms with van der Waals surface area (Å²) in [6.07, 6.45) is 0.775. The van der Waals surface area contributed by atoms with Gasteiger partial charge in [0.25, 0.3) is 5.91 Å². The average molecular weight is 323 g/mol. The summed E-state index contributed by atoms with van der Waals surface area (Å²) in [5.41, 5.74) is 13.1. The minimum Gasteiger partial charge on any atom is -0.347 e. The fourth-order valence-corrected chi connectivity index (χ4v) is 2.27. The number of hydrogen-bond acceptors (Lipinski definition) is 6. The molecule has 1 aromatic heterocycles. The third kappa shape index (κ3) is 2.71. The zero-order chi connectivity index (χ0) is 15.7. The lowest BCUT2D eigenvalue weighted by molar-refractivity contribution is 0.0946. The van der Waals surface area contributed by atoms with E-state index in [1.807, 2.05) is 0 Å². The number of hydrazine groups is 1. The molecule has 114 valence electrons. The Kier molecular flexibility index (Phi) is 3.88. The molecule has 0 aliphatic carbocycles. The summed E-state index contributed by atoms with van der Waals surface area (Å²) in [7, 11) is 0. The number of anilines is 1. The molecule has 0 saturated heterocycles. The first-order chi connectivity index (χ1) is 10.6. The summed E-state index contributed by atoms with van der Waals surface area (Å²) in [4.78, 5) is 20.2. The summed E-state index contributed by atoms with van der Waals surface area (Å²) in [6.45, 7) is 0.192. The van der Waals surface area contributed by atoms with Gasteiger partial charge in [0.15, 0.2) is 5.69 Å². The van der Waals surface area contributed by atoms with Crippen LogP contribution in [0.1, 0.15) is 27.9 Å². The van der Waals surface area contributed by atoms with Crippen molar-refractivity contribution >= 4 is 23.2 Å². The van der Waals surface area contributed by atoms with Gasteiger partial charge in [0.05, 0.1) is 5.02 Å². The standard InChI is InChI=1S/C13H12ClFN6O/c14-7-3-6(1-2-8(7)15)4-17-13(22)11-9-10(18-5-19-11)12(16)21-20-9/h1-3,5,12,20-21H,4,16H2,(H,17,22). The van der Waals surface area contributed by atoms with E-state index in [0.29, 0.717) is 16.9 Å². The van der Waals surface area contributed by atoms with Crippen molar-refractivity contribution in [3.8, 4) is 0 Å². The number of carbonyl (C=O) groups is 1. The van der Waals surface area contributed by atoms with Crippen LogP contribution in [0.15, 0.2) is 24.5 Å². The molecule has 0 fully saturated rings. The Hall–Kier alpha value is -2.29. The van der Waals surface area contributed by atoms with Crippen molar-refractivity contribution in [2.24, 2.45) is 5.73 Å². The van der Waals surface area contributed by atoms with Crippen molar-refractivity contribution in [2.45, 2.75) is 12.7 Å². The van der Waals surface area contributed by atoms with Crippen LogP contribution in [0.3, 0.4) is 0 Å². The molecule has 9 heteroatoms. The van der Waals surface area contributed by atoms with E-state index < -0.39 is 17.9 Å². The van der Waals surface area contributed by atoms with Gasteiger partial charge in [-0.15, -0.1) is 0 Å². The molecular formula is C13H12ClFN6O. The summed E-state index contributed by atoms with van der Waals surface area (Å²) >= 11 is 5.70. The van der Waals surface area contributed by atoms with Crippen LogP contribution in [0.4, 0.5) is 10.1 Å². The maximum Gasteiger partial charge on any atom is 0.272 e. The Morgan fingerprint density at radius 3 is 3.05 bits per heavy atom. The molecule has 7 nitrogen and oxygen atoms in total. The third-order valence-corrected chi connectivity index (χ3v) is 3.47. The highest BCUT2D eigenvalue weighted by molar-refractivity contribution is 6.30. The molecule has 0 spiro atoms. The maximum absolute atomic E-state index is 13.1. The van der Waals surface area contributed by atoms with Crippen molar-refractivity contribution < 1.29 is 9.18 Å². The van der Waals surface area contributed by atoms with E-state index in [2.05, 4.69) is 26.1 Å². The first kappa shape index (κ1) is 14.6. The average Bonchev–Trinajstić information content (AvgIpc) is 2.90. The second-order valence-corrected chi connectivity index (χ2v) is 5.07. The number of benzene rings is 1. The summed E-state index contributed by atoms with van der Waals surface area (Å²) in [5, 5.41) is 2.69. The Labute approximate surface area is 130 Å². The number of amides is 1. The van der Waals surface area contributed by atoms with Gasteiger partial charge in [-0.25, -0.2) is 19.8 Å². The number of halogens is 2. The number of rotatable bonds is 3. The predicted molar refractivity (Wildman–Crippen MR) is 78.3 cm³/mol. The molecule has 1 aliphatic heterocycles. The molecule has 5 N–H and O–H groups in total. The van der Waals surface area contributed by atoms with Crippen LogP contribution in [0.25, 0.3) is 0 Å². The molecule has 1 aromatic carbocycles. The Morgan fingerprint density at radius 2 is 2.27 bits per heavy atom. The molecule has 0 bridgehead atoms. The molecule has 2 aromatic rings. The highest BCUT2D eigenvalue weighted by Crippen LogP contribution is 2.25. The zero-order valence-corrected chi connectivity index (χ0v) is 12.0. The number of carbonyl (C=O) groups excluding carboxylic acids is 1. The number of fused-ring (bicyclic) bond motifs is 1. The van der Waals surface area contributed by atoms with Crippen LogP contribution in [0, 0.1) is 5.82 Å². The monoisotopic (exact) mass is 322 g/mol. The van der Waals surface area contributed by atoms with Gasteiger partial charge in [-0.05, 0) is 17.7 Å². The van der Waals surface area contributed by atoms with E-state index >= 15 is 0 Å². The summed E-state index contributed by atoms with van der Waals surface area (Å²) < 4.78 is 13.1. The number of aromatic nitrogens is 2. The second-order valence-electron chi connectivity index (χ2n) is 4.66. The molecule has 1 amide bonds. The molecule has 1 atom stereocenters.